The molecule has 0 saturated carbocycles. The minimum atomic E-state index is -0.0686. The Morgan fingerprint density at radius 3 is 2.48 bits per heavy atom. The van der Waals surface area contributed by atoms with E-state index in [-0.39, 0.29) is 5.91 Å². The molecule has 0 N–H and O–H groups in total. The fourth-order valence-electron chi connectivity index (χ4n) is 3.70. The lowest BCUT2D eigenvalue weighted by molar-refractivity contribution is 0.0594. The zero-order valence-electron chi connectivity index (χ0n) is 17.7. The number of rotatable bonds is 7. The van der Waals surface area contributed by atoms with E-state index in [1.165, 1.54) is 11.1 Å². The van der Waals surface area contributed by atoms with Crippen LogP contribution in [0.5, 0.6) is 5.75 Å². The van der Waals surface area contributed by atoms with Gasteiger partial charge in [0.2, 0.25) is 0 Å². The van der Waals surface area contributed by atoms with Crippen molar-refractivity contribution in [3.63, 3.8) is 0 Å². The lowest BCUT2D eigenvalue weighted by Crippen LogP contribution is -2.48. The van der Waals surface area contributed by atoms with Gasteiger partial charge in [-0.15, -0.1) is 0 Å². The molecule has 0 unspecified atom stereocenters. The van der Waals surface area contributed by atoms with Crippen LogP contribution in [0.25, 0.3) is 0 Å². The molecular formula is C25H27ClN2O3. The Kier molecular flexibility index (Phi) is 6.95. The first-order chi connectivity index (χ1) is 15.1. The molecule has 1 aromatic heterocycles. The number of carbonyl (C=O) groups excluding carboxylic acids is 1. The second-order valence-corrected chi connectivity index (χ2v) is 8.19. The molecule has 1 amide bonds. The summed E-state index contributed by atoms with van der Waals surface area (Å²) in [5.41, 5.74) is 2.46. The Balaban J connectivity index is 1.26. The highest BCUT2D eigenvalue weighted by atomic mass is 35.5. The minimum absolute atomic E-state index is 0.0686. The summed E-state index contributed by atoms with van der Waals surface area (Å²) < 4.78 is 11.5. The normalized spacial score (nSPS) is 14.6. The van der Waals surface area contributed by atoms with E-state index in [2.05, 4.69) is 30.0 Å². The maximum absolute atomic E-state index is 12.8. The molecule has 1 fully saturated rings. The first kappa shape index (κ1) is 21.5. The number of amides is 1. The fourth-order valence-corrected chi connectivity index (χ4v) is 3.92. The molecule has 0 aliphatic carbocycles. The number of benzene rings is 2. The average molecular weight is 439 g/mol. The van der Waals surface area contributed by atoms with Crippen LogP contribution in [-0.4, -0.2) is 41.9 Å². The largest absolute Gasteiger partial charge is 0.486 e. The standard InChI is InChI=1S/C25H27ClN2O3/c1-2-19-6-8-22(9-7-19)30-18-23-10-11-24(31-23)25(29)28-14-12-27(13-15-28)17-20-4-3-5-21(26)16-20/h3-11,16H,2,12-15,17-18H2,1H3. The van der Waals surface area contributed by atoms with Crippen LogP contribution in [0.15, 0.2) is 65.1 Å². The van der Waals surface area contributed by atoms with E-state index in [4.69, 9.17) is 20.8 Å². The van der Waals surface area contributed by atoms with E-state index >= 15 is 0 Å². The van der Waals surface area contributed by atoms with Crippen molar-refractivity contribution in [1.29, 1.82) is 0 Å². The van der Waals surface area contributed by atoms with Crippen molar-refractivity contribution in [3.8, 4) is 5.75 Å². The number of aryl methyl sites for hydroxylation is 1. The van der Waals surface area contributed by atoms with Crippen LogP contribution >= 0.6 is 11.6 Å². The third-order valence-electron chi connectivity index (χ3n) is 5.54. The average Bonchev–Trinajstić information content (AvgIpc) is 3.27. The van der Waals surface area contributed by atoms with E-state index in [0.29, 0.717) is 31.2 Å². The molecule has 0 atom stereocenters. The maximum Gasteiger partial charge on any atom is 0.289 e. The number of carbonyl (C=O) groups is 1. The molecule has 1 aliphatic heterocycles. The van der Waals surface area contributed by atoms with E-state index < -0.39 is 0 Å². The molecule has 162 valence electrons. The lowest BCUT2D eigenvalue weighted by Gasteiger charge is -2.34. The Morgan fingerprint density at radius 1 is 1.00 bits per heavy atom. The summed E-state index contributed by atoms with van der Waals surface area (Å²) in [5, 5.41) is 0.752. The third kappa shape index (κ3) is 5.69. The van der Waals surface area contributed by atoms with Crippen molar-refractivity contribution in [2.75, 3.05) is 26.2 Å². The van der Waals surface area contributed by atoms with Gasteiger partial charge >= 0.3 is 0 Å². The van der Waals surface area contributed by atoms with Gasteiger partial charge in [-0.05, 0) is 53.9 Å². The predicted octanol–water partition coefficient (Wildman–Crippen LogP) is 5.03. The van der Waals surface area contributed by atoms with Crippen LogP contribution in [0.2, 0.25) is 5.02 Å². The highest BCUT2D eigenvalue weighted by molar-refractivity contribution is 6.30. The van der Waals surface area contributed by atoms with E-state index in [1.54, 1.807) is 6.07 Å². The summed E-state index contributed by atoms with van der Waals surface area (Å²) in [6.45, 7) is 6.25. The Labute approximate surface area is 188 Å². The van der Waals surface area contributed by atoms with Gasteiger partial charge in [-0.3, -0.25) is 9.69 Å². The topological polar surface area (TPSA) is 45.9 Å². The Morgan fingerprint density at radius 2 is 1.77 bits per heavy atom. The highest BCUT2D eigenvalue weighted by Crippen LogP contribution is 2.18. The molecule has 2 heterocycles. The van der Waals surface area contributed by atoms with Crippen molar-refractivity contribution in [1.82, 2.24) is 9.80 Å². The molecule has 2 aromatic carbocycles. The molecule has 0 bridgehead atoms. The number of hydrogen-bond donors (Lipinski definition) is 0. The third-order valence-corrected chi connectivity index (χ3v) is 5.77. The van der Waals surface area contributed by atoms with E-state index in [0.717, 1.165) is 36.8 Å². The minimum Gasteiger partial charge on any atom is -0.486 e. The monoisotopic (exact) mass is 438 g/mol. The van der Waals surface area contributed by atoms with Gasteiger partial charge in [-0.1, -0.05) is 42.8 Å². The highest BCUT2D eigenvalue weighted by Gasteiger charge is 2.24. The van der Waals surface area contributed by atoms with Gasteiger partial charge in [-0.2, -0.15) is 0 Å². The summed E-state index contributed by atoms with van der Waals surface area (Å²) in [4.78, 5) is 17.0. The van der Waals surface area contributed by atoms with E-state index in [9.17, 15) is 4.79 Å². The quantitative estimate of drug-likeness (QED) is 0.519. The number of hydrogen-bond acceptors (Lipinski definition) is 4. The smallest absolute Gasteiger partial charge is 0.289 e. The van der Waals surface area contributed by atoms with Crippen molar-refractivity contribution in [2.24, 2.45) is 0 Å². The van der Waals surface area contributed by atoms with Crippen molar-refractivity contribution in [2.45, 2.75) is 26.5 Å². The van der Waals surface area contributed by atoms with Crippen molar-refractivity contribution >= 4 is 17.5 Å². The molecule has 0 spiro atoms. The molecule has 1 saturated heterocycles. The number of halogens is 1. The van der Waals surface area contributed by atoms with Gasteiger partial charge in [0.15, 0.2) is 5.76 Å². The second-order valence-electron chi connectivity index (χ2n) is 7.75. The number of piperazine rings is 1. The van der Waals surface area contributed by atoms with Gasteiger partial charge in [0.25, 0.3) is 5.91 Å². The van der Waals surface area contributed by atoms with Crippen molar-refractivity contribution < 1.29 is 13.9 Å². The fraction of sp³-hybridized carbons (Fsp3) is 0.320. The van der Waals surface area contributed by atoms with Crippen LogP contribution in [0.4, 0.5) is 0 Å². The van der Waals surface area contributed by atoms with Gasteiger partial charge < -0.3 is 14.1 Å². The summed E-state index contributed by atoms with van der Waals surface area (Å²) in [5.74, 6) is 1.73. The van der Waals surface area contributed by atoms with Crippen LogP contribution in [0, 0.1) is 0 Å². The van der Waals surface area contributed by atoms with Gasteiger partial charge in [0.1, 0.15) is 18.1 Å². The number of ether oxygens (including phenoxy) is 1. The second kappa shape index (κ2) is 10.0. The zero-order chi connectivity index (χ0) is 21.6. The van der Waals surface area contributed by atoms with Crippen LogP contribution < -0.4 is 4.74 Å². The number of furan rings is 1. The van der Waals surface area contributed by atoms with Crippen LogP contribution in [0.1, 0.15) is 34.4 Å². The van der Waals surface area contributed by atoms with Gasteiger partial charge in [0, 0.05) is 37.7 Å². The molecule has 3 aromatic rings. The molecule has 1 aliphatic rings. The summed E-state index contributed by atoms with van der Waals surface area (Å²) in [6, 6.07) is 19.5. The first-order valence-corrected chi connectivity index (χ1v) is 11.0. The van der Waals surface area contributed by atoms with Crippen molar-refractivity contribution in [3.05, 3.63) is 88.3 Å². The summed E-state index contributed by atoms with van der Waals surface area (Å²) in [7, 11) is 0. The Hall–Kier alpha value is -2.76. The maximum atomic E-state index is 12.8. The van der Waals surface area contributed by atoms with Gasteiger partial charge in [-0.25, -0.2) is 0 Å². The lowest BCUT2D eigenvalue weighted by atomic mass is 10.2. The first-order valence-electron chi connectivity index (χ1n) is 10.7. The molecule has 5 nitrogen and oxygen atoms in total. The van der Waals surface area contributed by atoms with Gasteiger partial charge in [0.05, 0.1) is 0 Å². The van der Waals surface area contributed by atoms with Crippen LogP contribution in [-0.2, 0) is 19.6 Å². The molecule has 6 heteroatoms. The predicted molar refractivity (Wildman–Crippen MR) is 121 cm³/mol. The molecule has 0 radical (unpaired) electrons. The summed E-state index contributed by atoms with van der Waals surface area (Å²) >= 11 is 6.08. The zero-order valence-corrected chi connectivity index (χ0v) is 18.5. The number of nitrogens with zero attached hydrogens (tertiary/aromatic N) is 2. The van der Waals surface area contributed by atoms with E-state index in [1.807, 2.05) is 41.3 Å². The molecule has 31 heavy (non-hydrogen) atoms. The van der Waals surface area contributed by atoms with Crippen LogP contribution in [0.3, 0.4) is 0 Å². The summed E-state index contributed by atoms with van der Waals surface area (Å²) in [6.07, 6.45) is 0.999. The Bertz CT molecular complexity index is 1010. The SMILES string of the molecule is CCc1ccc(OCc2ccc(C(=O)N3CCN(Cc4cccc(Cl)c4)CC3)o2)cc1. The molecular weight excluding hydrogens is 412 g/mol. The molecule has 4 rings (SSSR count).